The first-order valence-corrected chi connectivity index (χ1v) is 13.7. The molecule has 4 aromatic rings. The van der Waals surface area contributed by atoms with Gasteiger partial charge in [0.2, 0.25) is 5.88 Å². The molecular formula is C29H29FN6O2S. The van der Waals surface area contributed by atoms with Crippen LogP contribution in [0.1, 0.15) is 40.3 Å². The number of thiazole rings is 1. The number of aromatic nitrogens is 4. The second-order valence-electron chi connectivity index (χ2n) is 10.9. The molecule has 0 spiro atoms. The predicted molar refractivity (Wildman–Crippen MR) is 147 cm³/mol. The second kappa shape index (κ2) is 9.46. The average molecular weight is 545 g/mol. The Morgan fingerprint density at radius 3 is 2.49 bits per heavy atom. The molecule has 6 rings (SSSR count). The highest BCUT2D eigenvalue weighted by molar-refractivity contribution is 7.17. The number of nitrogens with zero attached hydrogens (tertiary/aromatic N) is 5. The van der Waals surface area contributed by atoms with Gasteiger partial charge in [-0.2, -0.15) is 0 Å². The molecule has 1 saturated carbocycles. The van der Waals surface area contributed by atoms with Crippen LogP contribution in [0.2, 0.25) is 0 Å². The van der Waals surface area contributed by atoms with Gasteiger partial charge in [0, 0.05) is 54.5 Å². The summed E-state index contributed by atoms with van der Waals surface area (Å²) in [4.78, 5) is 33.5. The quantitative estimate of drug-likeness (QED) is 0.373. The summed E-state index contributed by atoms with van der Waals surface area (Å²) in [6.07, 6.45) is 3.29. The molecule has 2 N–H and O–H groups in total. The fourth-order valence-corrected chi connectivity index (χ4v) is 6.02. The molecule has 39 heavy (non-hydrogen) atoms. The molecule has 1 aliphatic carbocycles. The van der Waals surface area contributed by atoms with Crippen molar-refractivity contribution in [1.82, 2.24) is 24.8 Å². The van der Waals surface area contributed by atoms with Gasteiger partial charge in [0.15, 0.2) is 10.8 Å². The fourth-order valence-electron chi connectivity index (χ4n) is 5.03. The van der Waals surface area contributed by atoms with E-state index in [4.69, 9.17) is 15.5 Å². The lowest BCUT2D eigenvalue weighted by molar-refractivity contribution is 0.0755. The summed E-state index contributed by atoms with van der Waals surface area (Å²) in [6.45, 7) is 8.62. The highest BCUT2D eigenvalue weighted by Crippen LogP contribution is 2.48. The Hall–Kier alpha value is -3.76. The number of amides is 1. The Morgan fingerprint density at radius 1 is 1.10 bits per heavy atom. The van der Waals surface area contributed by atoms with Gasteiger partial charge in [-0.25, -0.2) is 24.3 Å². The number of fused-ring (bicyclic) bond motifs is 1. The number of rotatable bonds is 6. The molecule has 200 valence electrons. The Balaban J connectivity index is 1.17. The second-order valence-corrected chi connectivity index (χ2v) is 11.9. The summed E-state index contributed by atoms with van der Waals surface area (Å²) >= 11 is 1.33. The lowest BCUT2D eigenvalue weighted by atomic mass is 9.94. The van der Waals surface area contributed by atoms with Gasteiger partial charge in [-0.1, -0.05) is 12.1 Å². The third-order valence-electron chi connectivity index (χ3n) is 7.42. The van der Waals surface area contributed by atoms with Crippen LogP contribution in [0.25, 0.3) is 22.1 Å². The first-order chi connectivity index (χ1) is 18.6. The van der Waals surface area contributed by atoms with E-state index in [1.54, 1.807) is 31.5 Å². The van der Waals surface area contributed by atoms with Crippen molar-refractivity contribution >= 4 is 17.2 Å². The van der Waals surface area contributed by atoms with E-state index in [1.807, 2.05) is 43.9 Å². The smallest absolute Gasteiger partial charge is 0.265 e. The molecule has 0 bridgehead atoms. The number of aryl methyl sites for hydroxylation is 2. The molecule has 1 unspecified atom stereocenters. The van der Waals surface area contributed by atoms with E-state index >= 15 is 0 Å². The Labute approximate surface area is 230 Å². The number of nitrogens with two attached hydrogens (primary N) is 1. The van der Waals surface area contributed by atoms with E-state index in [9.17, 15) is 9.18 Å². The lowest BCUT2D eigenvalue weighted by Gasteiger charge is -2.22. The minimum atomic E-state index is -0.627. The van der Waals surface area contributed by atoms with Crippen molar-refractivity contribution in [3.63, 3.8) is 0 Å². The number of pyridine rings is 1. The van der Waals surface area contributed by atoms with Gasteiger partial charge in [-0.3, -0.25) is 4.79 Å². The number of carbonyl (C=O) groups excluding carboxylic acids is 1. The third-order valence-corrected chi connectivity index (χ3v) is 8.56. The molecule has 4 heterocycles. The van der Waals surface area contributed by atoms with E-state index < -0.39 is 5.54 Å². The van der Waals surface area contributed by atoms with Crippen LogP contribution in [-0.2, 0) is 5.54 Å². The van der Waals surface area contributed by atoms with Crippen molar-refractivity contribution in [1.29, 1.82) is 0 Å². The van der Waals surface area contributed by atoms with Crippen LogP contribution in [0.4, 0.5) is 4.39 Å². The first-order valence-electron chi connectivity index (χ1n) is 12.9. The number of piperidine rings is 1. The summed E-state index contributed by atoms with van der Waals surface area (Å²) in [6, 6.07) is 10.6. The normalized spacial score (nSPS) is 20.2. The maximum Gasteiger partial charge on any atom is 0.265 e. The molecule has 3 aromatic heterocycles. The molecule has 1 aromatic carbocycles. The molecule has 1 amide bonds. The average Bonchev–Trinajstić information content (AvgIpc) is 3.22. The van der Waals surface area contributed by atoms with Gasteiger partial charge in [0.1, 0.15) is 16.8 Å². The van der Waals surface area contributed by atoms with Gasteiger partial charge in [0.25, 0.3) is 5.91 Å². The van der Waals surface area contributed by atoms with Crippen LogP contribution in [0, 0.1) is 31.5 Å². The molecule has 1 saturated heterocycles. The maximum absolute atomic E-state index is 14.3. The number of ether oxygens (including phenoxy) is 1. The van der Waals surface area contributed by atoms with Gasteiger partial charge in [0.05, 0.1) is 11.4 Å². The zero-order valence-electron chi connectivity index (χ0n) is 22.2. The van der Waals surface area contributed by atoms with E-state index in [0.29, 0.717) is 57.2 Å². The van der Waals surface area contributed by atoms with Crippen molar-refractivity contribution in [2.45, 2.75) is 39.3 Å². The summed E-state index contributed by atoms with van der Waals surface area (Å²) in [5.74, 6) is 1.14. The van der Waals surface area contributed by atoms with Crippen LogP contribution in [0.3, 0.4) is 0 Å². The molecule has 0 radical (unpaired) electrons. The van der Waals surface area contributed by atoms with Crippen molar-refractivity contribution in [2.24, 2.45) is 17.6 Å². The maximum atomic E-state index is 14.3. The van der Waals surface area contributed by atoms with Gasteiger partial charge in [-0.15, -0.1) is 11.3 Å². The monoisotopic (exact) mass is 544 g/mol. The highest BCUT2D eigenvalue weighted by atomic mass is 32.1. The van der Waals surface area contributed by atoms with E-state index in [1.165, 1.54) is 17.4 Å². The van der Waals surface area contributed by atoms with Crippen molar-refractivity contribution < 1.29 is 13.9 Å². The highest BCUT2D eigenvalue weighted by Gasteiger charge is 2.59. The molecule has 2 aliphatic rings. The van der Waals surface area contributed by atoms with E-state index in [-0.39, 0.29) is 29.7 Å². The molecular weight excluding hydrogens is 515 g/mol. The van der Waals surface area contributed by atoms with E-state index in [0.717, 1.165) is 5.56 Å². The minimum Gasteiger partial charge on any atom is -0.474 e. The lowest BCUT2D eigenvalue weighted by Crippen LogP contribution is -2.33. The summed E-state index contributed by atoms with van der Waals surface area (Å²) in [5.41, 5.74) is 9.18. The van der Waals surface area contributed by atoms with Crippen molar-refractivity contribution in [2.75, 3.05) is 13.1 Å². The van der Waals surface area contributed by atoms with Gasteiger partial charge >= 0.3 is 0 Å². The van der Waals surface area contributed by atoms with Gasteiger partial charge < -0.3 is 15.4 Å². The van der Waals surface area contributed by atoms with Crippen molar-refractivity contribution in [3.8, 4) is 28.0 Å². The number of carbonyl (C=O) groups is 1. The van der Waals surface area contributed by atoms with Crippen LogP contribution in [0.5, 0.6) is 5.88 Å². The zero-order valence-corrected chi connectivity index (χ0v) is 23.0. The molecule has 10 heteroatoms. The Morgan fingerprint density at radius 2 is 1.82 bits per heavy atom. The Kier molecular flexibility index (Phi) is 6.19. The molecule has 1 aliphatic heterocycles. The molecule has 8 nitrogen and oxygen atoms in total. The van der Waals surface area contributed by atoms with Crippen LogP contribution >= 0.6 is 11.3 Å². The fraction of sp³-hybridized carbons (Fsp3) is 0.345. The van der Waals surface area contributed by atoms with Crippen LogP contribution in [-0.4, -0.2) is 49.9 Å². The number of hydrogen-bond donors (Lipinski definition) is 1. The Bertz CT molecular complexity index is 1560. The van der Waals surface area contributed by atoms with Crippen LogP contribution < -0.4 is 10.5 Å². The standard InChI is InChI=1S/C29H29FN6O2S/c1-15-6-7-17(10-21(15)30)22-11-18(29(3,4)31)12-23(35-22)38-24-19-13-36(14-20(19)24)28(37)25-16(2)34-27(39-25)26-32-8-5-9-33-26/h5-12,19-20,24H,13-14,31H2,1-4H3/t19-,20+,24?. The largest absolute Gasteiger partial charge is 0.474 e. The first kappa shape index (κ1) is 25.5. The molecule has 2 fully saturated rings. The van der Waals surface area contributed by atoms with Crippen LogP contribution in [0.15, 0.2) is 48.8 Å². The number of benzene rings is 1. The van der Waals surface area contributed by atoms with E-state index in [2.05, 4.69) is 15.0 Å². The predicted octanol–water partition coefficient (Wildman–Crippen LogP) is 4.76. The third kappa shape index (κ3) is 4.90. The summed E-state index contributed by atoms with van der Waals surface area (Å²) in [7, 11) is 0. The molecule has 3 atom stereocenters. The van der Waals surface area contributed by atoms with Crippen molar-refractivity contribution in [3.05, 3.63) is 76.3 Å². The summed E-state index contributed by atoms with van der Waals surface area (Å²) in [5, 5.41) is 0.639. The van der Waals surface area contributed by atoms with Gasteiger partial charge in [-0.05, 0) is 57.0 Å². The SMILES string of the molecule is Cc1ccc(-c2cc(C(C)(C)N)cc(OC3[C@H]4CN(C(=O)c5sc(-c6ncccn6)nc5C)C[C@@H]34)n2)cc1F. The number of hydrogen-bond acceptors (Lipinski definition) is 8. The number of likely N-dealkylation sites (tertiary alicyclic amines) is 1. The minimum absolute atomic E-state index is 0.0215. The number of halogens is 1. The summed E-state index contributed by atoms with van der Waals surface area (Å²) < 4.78 is 20.6. The zero-order chi connectivity index (χ0) is 27.5. The topological polar surface area (TPSA) is 107 Å².